The van der Waals surface area contributed by atoms with Gasteiger partial charge in [-0.1, -0.05) is 51.8 Å². The number of halogens is 8. The number of hydrogen-bond acceptors (Lipinski definition) is 6. The van der Waals surface area contributed by atoms with Crippen molar-refractivity contribution in [3.05, 3.63) is 86.7 Å². The molecule has 1 aliphatic rings. The van der Waals surface area contributed by atoms with Crippen molar-refractivity contribution in [3.8, 4) is 11.5 Å². The Morgan fingerprint density at radius 2 is 1.45 bits per heavy atom. The minimum absolute atomic E-state index is 0.0121. The van der Waals surface area contributed by atoms with Gasteiger partial charge < -0.3 is 25.5 Å². The molecule has 0 atom stereocenters. The quantitative estimate of drug-likeness (QED) is 0.179. The van der Waals surface area contributed by atoms with Crippen LogP contribution in [-0.4, -0.2) is 48.2 Å². The van der Waals surface area contributed by atoms with Crippen molar-refractivity contribution in [1.29, 1.82) is 0 Å². The molecule has 2 aromatic carbocycles. The second-order valence-corrected chi connectivity index (χ2v) is 10.7. The van der Waals surface area contributed by atoms with Gasteiger partial charge in [0.05, 0.1) is 5.02 Å². The van der Waals surface area contributed by atoms with E-state index in [0.29, 0.717) is 18.4 Å². The number of nitrogens with one attached hydrogen (secondary N) is 2. The zero-order chi connectivity index (χ0) is 32.5. The number of ether oxygens (including phenoxy) is 2. The molecule has 16 heteroatoms. The average molecular weight is 714 g/mol. The van der Waals surface area contributed by atoms with E-state index in [4.69, 9.17) is 17.3 Å². The van der Waals surface area contributed by atoms with Gasteiger partial charge in [-0.3, -0.25) is 14.5 Å². The summed E-state index contributed by atoms with van der Waals surface area (Å²) in [4.78, 5) is 28.7. The predicted molar refractivity (Wildman–Crippen MR) is 156 cm³/mol. The number of benzene rings is 2. The molecule has 0 spiro atoms. The number of pyridine rings is 1. The Labute approximate surface area is 261 Å². The standard InChI is InChI=1S/C20H22ClF3N4O3.C8H6BrF3O/c21-16-9-15(19(30)27-17(16)25)18(29)26-10-12-5-7-28(8-6-12)11-13-1-3-14(4-2-13)31-20(22,23)24;9-5-6-1-3-7(4-2-6)13-8(10,11)12/h1-4,9,12H,5-8,10-11H2,(H,26,29)(H3,25,27,30);1-4H,5H2. The van der Waals surface area contributed by atoms with Crippen LogP contribution in [0.25, 0.3) is 0 Å². The lowest BCUT2D eigenvalue weighted by Crippen LogP contribution is -2.39. The maximum atomic E-state index is 12.3. The smallest absolute Gasteiger partial charge is 0.406 e. The molecule has 0 unspecified atom stereocenters. The van der Waals surface area contributed by atoms with Crippen molar-refractivity contribution < 1.29 is 40.6 Å². The zero-order valence-corrected chi connectivity index (χ0v) is 25.2. The van der Waals surface area contributed by atoms with Crippen molar-refractivity contribution in [2.75, 3.05) is 25.4 Å². The van der Waals surface area contributed by atoms with Crippen LogP contribution < -0.4 is 26.1 Å². The summed E-state index contributed by atoms with van der Waals surface area (Å²) in [6.07, 6.45) is -7.63. The molecule has 8 nitrogen and oxygen atoms in total. The molecule has 0 radical (unpaired) electrons. The summed E-state index contributed by atoms with van der Waals surface area (Å²) in [5.74, 6) is -0.680. The molecule has 1 aromatic heterocycles. The molecule has 0 saturated carbocycles. The van der Waals surface area contributed by atoms with Crippen LogP contribution in [-0.2, 0) is 11.9 Å². The molecule has 2 heterocycles. The highest BCUT2D eigenvalue weighted by Gasteiger charge is 2.31. The lowest BCUT2D eigenvalue weighted by molar-refractivity contribution is -0.275. The van der Waals surface area contributed by atoms with Gasteiger partial charge >= 0.3 is 12.7 Å². The number of alkyl halides is 7. The number of carbonyl (C=O) groups excluding carboxylic acids is 1. The number of aromatic nitrogens is 1. The Bertz CT molecular complexity index is 1430. The highest BCUT2D eigenvalue weighted by molar-refractivity contribution is 9.08. The fourth-order valence-electron chi connectivity index (χ4n) is 4.20. The van der Waals surface area contributed by atoms with Crippen LogP contribution in [0.15, 0.2) is 59.4 Å². The average Bonchev–Trinajstić information content (AvgIpc) is 2.95. The van der Waals surface area contributed by atoms with Crippen LogP contribution in [0.1, 0.15) is 34.3 Å². The second-order valence-electron chi connectivity index (χ2n) is 9.72. The number of nitrogens with zero attached hydrogens (tertiary/aromatic N) is 1. The SMILES string of the molecule is FC(F)(F)Oc1ccc(CBr)cc1.Nc1[nH]c(=O)c(C(=O)NCC2CCN(Cc3ccc(OC(F)(F)F)cc3)CC2)cc1Cl. The van der Waals surface area contributed by atoms with E-state index < -0.39 is 24.2 Å². The Balaban J connectivity index is 0.000000340. The first-order chi connectivity index (χ1) is 20.6. The Hall–Kier alpha value is -3.43. The van der Waals surface area contributed by atoms with Crippen molar-refractivity contribution in [2.45, 2.75) is 37.4 Å². The summed E-state index contributed by atoms with van der Waals surface area (Å²) in [5, 5.41) is 3.48. The van der Waals surface area contributed by atoms with Crippen molar-refractivity contribution in [2.24, 2.45) is 5.92 Å². The number of piperidine rings is 1. The van der Waals surface area contributed by atoms with E-state index in [2.05, 4.69) is 40.6 Å². The van der Waals surface area contributed by atoms with E-state index in [0.717, 1.165) is 37.1 Å². The zero-order valence-electron chi connectivity index (χ0n) is 22.9. The molecule has 240 valence electrons. The van der Waals surface area contributed by atoms with Gasteiger partial charge in [0.2, 0.25) is 0 Å². The lowest BCUT2D eigenvalue weighted by Gasteiger charge is -2.32. The van der Waals surface area contributed by atoms with Crippen LogP contribution in [0.4, 0.5) is 32.2 Å². The number of nitrogen functional groups attached to an aromatic ring is 1. The van der Waals surface area contributed by atoms with Crippen LogP contribution in [0.2, 0.25) is 5.02 Å². The molecule has 44 heavy (non-hydrogen) atoms. The van der Waals surface area contributed by atoms with E-state index in [-0.39, 0.29) is 33.8 Å². The highest BCUT2D eigenvalue weighted by atomic mass is 79.9. The van der Waals surface area contributed by atoms with Gasteiger partial charge in [0, 0.05) is 18.4 Å². The molecule has 1 amide bonds. The van der Waals surface area contributed by atoms with Gasteiger partial charge in [0.15, 0.2) is 0 Å². The van der Waals surface area contributed by atoms with Crippen molar-refractivity contribution in [1.82, 2.24) is 15.2 Å². The summed E-state index contributed by atoms with van der Waals surface area (Å²) in [7, 11) is 0. The number of amides is 1. The van der Waals surface area contributed by atoms with Crippen molar-refractivity contribution >= 4 is 39.3 Å². The molecular weight excluding hydrogens is 686 g/mol. The molecule has 4 rings (SSSR count). The third-order valence-corrected chi connectivity index (χ3v) is 7.36. The van der Waals surface area contributed by atoms with Crippen LogP contribution in [0.3, 0.4) is 0 Å². The molecule has 1 fully saturated rings. The molecule has 0 bridgehead atoms. The first-order valence-corrected chi connectivity index (χ1v) is 14.6. The predicted octanol–water partition coefficient (Wildman–Crippen LogP) is 6.63. The van der Waals surface area contributed by atoms with Gasteiger partial charge in [0.25, 0.3) is 11.5 Å². The van der Waals surface area contributed by atoms with E-state index in [9.17, 15) is 35.9 Å². The second kappa shape index (κ2) is 15.5. The Kier molecular flexibility index (Phi) is 12.4. The molecule has 0 aliphatic carbocycles. The lowest BCUT2D eigenvalue weighted by atomic mass is 9.96. The van der Waals surface area contributed by atoms with E-state index >= 15 is 0 Å². The fraction of sp³-hybridized carbons (Fsp3) is 0.357. The number of aromatic amines is 1. The summed E-state index contributed by atoms with van der Waals surface area (Å²) in [5.41, 5.74) is 6.61. The maximum Gasteiger partial charge on any atom is 0.573 e. The summed E-state index contributed by atoms with van der Waals surface area (Å²) >= 11 is 9.04. The Morgan fingerprint density at radius 1 is 0.955 bits per heavy atom. The van der Waals surface area contributed by atoms with Gasteiger partial charge in [-0.15, -0.1) is 26.3 Å². The molecule has 4 N–H and O–H groups in total. The number of hydrogen-bond donors (Lipinski definition) is 3. The van der Waals surface area contributed by atoms with E-state index in [1.807, 2.05) is 0 Å². The molecule has 1 saturated heterocycles. The number of H-pyrrole nitrogens is 1. The van der Waals surface area contributed by atoms with Gasteiger partial charge in [0.1, 0.15) is 22.9 Å². The van der Waals surface area contributed by atoms with Crippen molar-refractivity contribution in [3.63, 3.8) is 0 Å². The monoisotopic (exact) mass is 712 g/mol. The largest absolute Gasteiger partial charge is 0.573 e. The Morgan fingerprint density at radius 3 is 1.93 bits per heavy atom. The minimum Gasteiger partial charge on any atom is -0.406 e. The number of rotatable bonds is 8. The maximum absolute atomic E-state index is 12.3. The highest BCUT2D eigenvalue weighted by Crippen LogP contribution is 2.25. The summed E-state index contributed by atoms with van der Waals surface area (Å²) < 4.78 is 79.3. The topological polar surface area (TPSA) is 110 Å². The first-order valence-electron chi connectivity index (χ1n) is 13.1. The number of carbonyl (C=O) groups is 1. The van der Waals surface area contributed by atoms with Crippen LogP contribution in [0, 0.1) is 5.92 Å². The number of anilines is 1. The van der Waals surface area contributed by atoms with E-state index in [1.165, 1.54) is 30.3 Å². The van der Waals surface area contributed by atoms with Crippen LogP contribution in [0.5, 0.6) is 11.5 Å². The minimum atomic E-state index is -4.70. The van der Waals surface area contributed by atoms with Gasteiger partial charge in [-0.05, 0) is 73.3 Å². The third kappa shape index (κ3) is 11.9. The first kappa shape index (κ1) is 35.1. The normalized spacial score (nSPS) is 14.4. The number of nitrogens with two attached hydrogens (primary N) is 1. The van der Waals surface area contributed by atoms with Gasteiger partial charge in [-0.2, -0.15) is 0 Å². The van der Waals surface area contributed by atoms with E-state index in [1.54, 1.807) is 24.3 Å². The number of likely N-dealkylation sites (tertiary alicyclic amines) is 1. The third-order valence-electron chi connectivity index (χ3n) is 6.40. The molecule has 1 aliphatic heterocycles. The fourth-order valence-corrected chi connectivity index (χ4v) is 4.73. The summed E-state index contributed by atoms with van der Waals surface area (Å²) in [6, 6.07) is 12.8. The van der Waals surface area contributed by atoms with Crippen LogP contribution >= 0.6 is 27.5 Å². The summed E-state index contributed by atoms with van der Waals surface area (Å²) in [6.45, 7) is 2.62. The molecule has 3 aromatic rings. The van der Waals surface area contributed by atoms with Gasteiger partial charge in [-0.25, -0.2) is 0 Å². The molecular formula is C28H28BrClF6N4O4.